The first-order valence-electron chi connectivity index (χ1n) is 5.52. The second-order valence-corrected chi connectivity index (χ2v) is 6.01. The molecule has 2 heterocycles. The molecule has 0 saturated carbocycles. The van der Waals surface area contributed by atoms with Crippen LogP contribution in [0.1, 0.15) is 24.4 Å². The third kappa shape index (κ3) is 2.94. The molecule has 1 N–H and O–H groups in total. The number of hydrogen-bond donors (Lipinski definition) is 1. The van der Waals surface area contributed by atoms with Crippen LogP contribution in [0.2, 0.25) is 0 Å². The maximum Gasteiger partial charge on any atom is 0.138 e. The number of rotatable bonds is 5. The maximum absolute atomic E-state index is 4.31. The molecule has 92 valence electrons. The lowest BCUT2D eigenvalue weighted by Crippen LogP contribution is -2.20. The molecule has 1 atom stereocenters. The van der Waals surface area contributed by atoms with E-state index in [4.69, 9.17) is 0 Å². The van der Waals surface area contributed by atoms with E-state index in [9.17, 15) is 0 Å². The van der Waals surface area contributed by atoms with E-state index in [-0.39, 0.29) is 6.04 Å². The van der Waals surface area contributed by atoms with Crippen LogP contribution in [-0.4, -0.2) is 21.8 Å². The van der Waals surface area contributed by atoms with Gasteiger partial charge in [0.25, 0.3) is 0 Å². The molecule has 2 rings (SSSR count). The average molecular weight is 315 g/mol. The zero-order chi connectivity index (χ0) is 12.3. The summed E-state index contributed by atoms with van der Waals surface area (Å²) in [7, 11) is 1.98. The van der Waals surface area contributed by atoms with Crippen LogP contribution < -0.4 is 5.32 Å². The summed E-state index contributed by atoms with van der Waals surface area (Å²) in [6, 6.07) is 2.44. The van der Waals surface area contributed by atoms with Gasteiger partial charge in [0.2, 0.25) is 0 Å². The van der Waals surface area contributed by atoms with Gasteiger partial charge in [-0.2, -0.15) is 5.10 Å². The van der Waals surface area contributed by atoms with Crippen molar-refractivity contribution in [1.82, 2.24) is 20.1 Å². The molecule has 2 aromatic rings. The number of aryl methyl sites for hydroxylation is 1. The largest absolute Gasteiger partial charge is 0.313 e. The lowest BCUT2D eigenvalue weighted by Gasteiger charge is -2.14. The number of likely N-dealkylation sites (N-methyl/N-ethyl adjacent to an activating group) is 1. The van der Waals surface area contributed by atoms with Crippen LogP contribution in [0.15, 0.2) is 21.6 Å². The normalized spacial score (nSPS) is 12.9. The zero-order valence-electron chi connectivity index (χ0n) is 9.85. The Balaban J connectivity index is 2.15. The lowest BCUT2D eigenvalue weighted by atomic mass is 10.1. The first kappa shape index (κ1) is 12.7. The van der Waals surface area contributed by atoms with E-state index >= 15 is 0 Å². The van der Waals surface area contributed by atoms with Crippen molar-refractivity contribution in [2.24, 2.45) is 0 Å². The lowest BCUT2D eigenvalue weighted by molar-refractivity contribution is 0.534. The van der Waals surface area contributed by atoms with Crippen molar-refractivity contribution in [2.45, 2.75) is 25.9 Å². The Kier molecular flexibility index (Phi) is 4.31. The second kappa shape index (κ2) is 5.75. The Morgan fingerprint density at radius 1 is 1.59 bits per heavy atom. The highest BCUT2D eigenvalue weighted by atomic mass is 79.9. The molecule has 0 aliphatic heterocycles. The summed E-state index contributed by atoms with van der Waals surface area (Å²) in [6.07, 6.45) is 2.47. The topological polar surface area (TPSA) is 42.7 Å². The Morgan fingerprint density at radius 2 is 2.41 bits per heavy atom. The standard InChI is InChI=1S/C11H15BrN4S/c1-3-16-11(14-7-15-16)5-9(13-2)8-4-10(12)17-6-8/h4,6-7,9,13H,3,5H2,1-2H3. The molecule has 17 heavy (non-hydrogen) atoms. The fourth-order valence-electron chi connectivity index (χ4n) is 1.79. The van der Waals surface area contributed by atoms with Gasteiger partial charge >= 0.3 is 0 Å². The van der Waals surface area contributed by atoms with Crippen LogP contribution in [0, 0.1) is 0 Å². The van der Waals surface area contributed by atoms with Gasteiger partial charge < -0.3 is 5.32 Å². The van der Waals surface area contributed by atoms with Crippen molar-refractivity contribution in [1.29, 1.82) is 0 Å². The first-order valence-corrected chi connectivity index (χ1v) is 7.19. The minimum Gasteiger partial charge on any atom is -0.313 e. The fraction of sp³-hybridized carbons (Fsp3) is 0.455. The monoisotopic (exact) mass is 314 g/mol. The molecule has 0 saturated heterocycles. The van der Waals surface area contributed by atoms with Gasteiger partial charge in [-0.25, -0.2) is 4.98 Å². The van der Waals surface area contributed by atoms with Crippen LogP contribution in [0.4, 0.5) is 0 Å². The van der Waals surface area contributed by atoms with Crippen molar-refractivity contribution >= 4 is 27.3 Å². The Hall–Kier alpha value is -0.720. The number of nitrogens with zero attached hydrogens (tertiary/aromatic N) is 3. The quantitative estimate of drug-likeness (QED) is 0.922. The zero-order valence-corrected chi connectivity index (χ0v) is 12.3. The van der Waals surface area contributed by atoms with Crippen molar-refractivity contribution < 1.29 is 0 Å². The Labute approximate surface area is 113 Å². The van der Waals surface area contributed by atoms with Crippen LogP contribution >= 0.6 is 27.3 Å². The number of halogens is 1. The van der Waals surface area contributed by atoms with E-state index in [1.165, 1.54) is 5.56 Å². The van der Waals surface area contributed by atoms with Crippen molar-refractivity contribution in [3.8, 4) is 0 Å². The molecule has 6 heteroatoms. The molecule has 4 nitrogen and oxygen atoms in total. The van der Waals surface area contributed by atoms with Crippen molar-refractivity contribution in [2.75, 3.05) is 7.05 Å². The third-order valence-electron chi connectivity index (χ3n) is 2.72. The minimum absolute atomic E-state index is 0.284. The molecule has 0 aliphatic carbocycles. The maximum atomic E-state index is 4.31. The molecule has 1 unspecified atom stereocenters. The molecule has 0 aromatic carbocycles. The third-order valence-corrected chi connectivity index (χ3v) is 4.24. The molecule has 0 aliphatic rings. The molecule has 0 bridgehead atoms. The summed E-state index contributed by atoms with van der Waals surface area (Å²) in [5, 5.41) is 9.68. The van der Waals surface area contributed by atoms with E-state index in [2.05, 4.69) is 49.7 Å². The van der Waals surface area contributed by atoms with E-state index in [1.807, 2.05) is 11.7 Å². The van der Waals surface area contributed by atoms with Crippen LogP contribution in [-0.2, 0) is 13.0 Å². The minimum atomic E-state index is 0.284. The molecule has 0 radical (unpaired) electrons. The van der Waals surface area contributed by atoms with Crippen LogP contribution in [0.25, 0.3) is 0 Å². The van der Waals surface area contributed by atoms with E-state index < -0.39 is 0 Å². The van der Waals surface area contributed by atoms with Gasteiger partial charge in [0.1, 0.15) is 12.2 Å². The molecule has 2 aromatic heterocycles. The van der Waals surface area contributed by atoms with Gasteiger partial charge in [0.15, 0.2) is 0 Å². The van der Waals surface area contributed by atoms with Gasteiger partial charge in [0, 0.05) is 19.0 Å². The highest BCUT2D eigenvalue weighted by Crippen LogP contribution is 2.26. The predicted octanol–water partition coefficient (Wildman–Crippen LogP) is 2.63. The molecular weight excluding hydrogens is 300 g/mol. The van der Waals surface area contributed by atoms with E-state index in [0.29, 0.717) is 0 Å². The number of nitrogens with one attached hydrogen (secondary N) is 1. The van der Waals surface area contributed by atoms with E-state index in [1.54, 1.807) is 17.7 Å². The summed E-state index contributed by atoms with van der Waals surface area (Å²) in [5.41, 5.74) is 1.29. The number of aromatic nitrogens is 3. The molecular formula is C11H15BrN4S. The fourth-order valence-corrected chi connectivity index (χ4v) is 3.02. The Bertz CT molecular complexity index is 479. The van der Waals surface area contributed by atoms with Gasteiger partial charge in [-0.1, -0.05) is 0 Å². The van der Waals surface area contributed by atoms with Gasteiger partial charge in [-0.15, -0.1) is 11.3 Å². The van der Waals surface area contributed by atoms with Gasteiger partial charge in [-0.3, -0.25) is 4.68 Å². The first-order chi connectivity index (χ1) is 8.24. The summed E-state index contributed by atoms with van der Waals surface area (Å²) in [4.78, 5) is 4.31. The van der Waals surface area contributed by atoms with Crippen molar-refractivity contribution in [3.63, 3.8) is 0 Å². The van der Waals surface area contributed by atoms with Crippen LogP contribution in [0.3, 0.4) is 0 Å². The summed E-state index contributed by atoms with van der Waals surface area (Å²) in [5.74, 6) is 1.02. The van der Waals surface area contributed by atoms with Gasteiger partial charge in [-0.05, 0) is 46.9 Å². The van der Waals surface area contributed by atoms with Crippen LogP contribution in [0.5, 0.6) is 0 Å². The number of hydrogen-bond acceptors (Lipinski definition) is 4. The summed E-state index contributed by atoms with van der Waals surface area (Å²) < 4.78 is 3.09. The predicted molar refractivity (Wildman–Crippen MR) is 73.2 cm³/mol. The Morgan fingerprint density at radius 3 is 3.00 bits per heavy atom. The number of thiophene rings is 1. The molecule has 0 fully saturated rings. The summed E-state index contributed by atoms with van der Waals surface area (Å²) >= 11 is 5.20. The second-order valence-electron chi connectivity index (χ2n) is 3.72. The highest BCUT2D eigenvalue weighted by molar-refractivity contribution is 9.11. The smallest absolute Gasteiger partial charge is 0.138 e. The highest BCUT2D eigenvalue weighted by Gasteiger charge is 2.15. The molecule has 0 spiro atoms. The average Bonchev–Trinajstić information content (AvgIpc) is 2.94. The molecule has 0 amide bonds. The SMILES string of the molecule is CCn1ncnc1CC(NC)c1csc(Br)c1. The van der Waals surface area contributed by atoms with Gasteiger partial charge in [0.05, 0.1) is 3.79 Å². The van der Waals surface area contributed by atoms with E-state index in [0.717, 1.165) is 22.6 Å². The summed E-state index contributed by atoms with van der Waals surface area (Å²) in [6.45, 7) is 2.94. The van der Waals surface area contributed by atoms with Crippen molar-refractivity contribution in [3.05, 3.63) is 32.9 Å².